The molecule has 0 aromatic rings. The van der Waals surface area contributed by atoms with Gasteiger partial charge in [0.05, 0.1) is 12.9 Å². The lowest BCUT2D eigenvalue weighted by molar-refractivity contribution is 0.109. The molecule has 2 heterocycles. The highest BCUT2D eigenvalue weighted by atomic mass is 16.5. The van der Waals surface area contributed by atoms with Gasteiger partial charge in [0, 0.05) is 0 Å². The van der Waals surface area contributed by atoms with Crippen molar-refractivity contribution in [3.8, 4) is 0 Å². The zero-order valence-electron chi connectivity index (χ0n) is 5.00. The minimum absolute atomic E-state index is 0.329. The van der Waals surface area contributed by atoms with E-state index < -0.39 is 0 Å². The maximum atomic E-state index is 5.06. The van der Waals surface area contributed by atoms with Gasteiger partial charge in [-0.05, 0) is 0 Å². The fourth-order valence-electron chi connectivity index (χ4n) is 1.01. The number of fused-ring (bicyclic) bond motifs is 1. The first-order chi connectivity index (χ1) is 4.47. The van der Waals surface area contributed by atoms with Gasteiger partial charge < -0.3 is 4.74 Å². The largest absolute Gasteiger partial charge is 0.496 e. The van der Waals surface area contributed by atoms with Crippen molar-refractivity contribution in [1.82, 2.24) is 15.8 Å². The van der Waals surface area contributed by atoms with Crippen LogP contribution in [0.4, 0.5) is 0 Å². The Hall–Kier alpha value is -0.740. The van der Waals surface area contributed by atoms with Gasteiger partial charge in [0.15, 0.2) is 0 Å². The maximum Gasteiger partial charge on any atom is 0.130 e. The van der Waals surface area contributed by atoms with Gasteiger partial charge in [-0.1, -0.05) is 0 Å². The second kappa shape index (κ2) is 1.89. The van der Waals surface area contributed by atoms with Crippen molar-refractivity contribution in [2.45, 2.75) is 6.17 Å². The number of hydrogen-bond acceptors (Lipinski definition) is 4. The zero-order chi connectivity index (χ0) is 6.10. The third-order valence-electron chi connectivity index (χ3n) is 1.51. The van der Waals surface area contributed by atoms with E-state index in [2.05, 4.69) is 10.7 Å². The Balaban J connectivity index is 2.10. The molecule has 2 aliphatic heterocycles. The third kappa shape index (κ3) is 0.760. The van der Waals surface area contributed by atoms with Crippen LogP contribution in [0.25, 0.3) is 0 Å². The van der Waals surface area contributed by atoms with Gasteiger partial charge in [-0.3, -0.25) is 10.3 Å². The summed E-state index contributed by atoms with van der Waals surface area (Å²) in [5, 5.41) is 5.20. The van der Waals surface area contributed by atoms with Crippen LogP contribution in [0.3, 0.4) is 0 Å². The van der Waals surface area contributed by atoms with Crippen LogP contribution in [0.1, 0.15) is 0 Å². The molecule has 1 saturated heterocycles. The predicted octanol–water partition coefficient (Wildman–Crippen LogP) is -0.819. The second-order valence-corrected chi connectivity index (χ2v) is 2.08. The number of hydrogen-bond donors (Lipinski definition) is 2. The number of rotatable bonds is 0. The van der Waals surface area contributed by atoms with E-state index in [9.17, 15) is 0 Å². The highest BCUT2D eigenvalue weighted by Crippen LogP contribution is 2.04. The van der Waals surface area contributed by atoms with Crippen LogP contribution in [0.15, 0.2) is 12.5 Å². The van der Waals surface area contributed by atoms with Gasteiger partial charge in [-0.15, -0.1) is 0 Å². The number of nitrogens with one attached hydrogen (secondary N) is 2. The molecule has 1 unspecified atom stereocenters. The lowest BCUT2D eigenvalue weighted by Gasteiger charge is -2.24. The molecule has 0 radical (unpaired) electrons. The molecule has 1 atom stereocenters. The van der Waals surface area contributed by atoms with E-state index in [-0.39, 0.29) is 0 Å². The highest BCUT2D eigenvalue weighted by Gasteiger charge is 2.22. The molecule has 0 bridgehead atoms. The number of ether oxygens (including phenoxy) is 1. The van der Waals surface area contributed by atoms with Crippen LogP contribution in [0.5, 0.6) is 0 Å². The van der Waals surface area contributed by atoms with Crippen LogP contribution in [0.2, 0.25) is 0 Å². The topological polar surface area (TPSA) is 36.5 Å². The van der Waals surface area contributed by atoms with Crippen LogP contribution < -0.4 is 10.7 Å². The normalized spacial score (nSPS) is 32.0. The Bertz CT molecular complexity index is 136. The summed E-state index contributed by atoms with van der Waals surface area (Å²) in [7, 11) is 0. The van der Waals surface area contributed by atoms with Gasteiger partial charge in [0.2, 0.25) is 0 Å². The van der Waals surface area contributed by atoms with Crippen LogP contribution in [-0.4, -0.2) is 24.5 Å². The molecule has 4 heteroatoms. The highest BCUT2D eigenvalue weighted by molar-refractivity contribution is 4.86. The van der Waals surface area contributed by atoms with E-state index in [1.54, 1.807) is 6.26 Å². The Morgan fingerprint density at radius 2 is 2.67 bits per heavy atom. The van der Waals surface area contributed by atoms with Gasteiger partial charge >= 0.3 is 0 Å². The molecule has 4 nitrogen and oxygen atoms in total. The molecule has 0 amide bonds. The van der Waals surface area contributed by atoms with E-state index in [0.717, 1.165) is 13.3 Å². The summed E-state index contributed by atoms with van der Waals surface area (Å²) in [6.07, 6.45) is 3.90. The molecule has 2 rings (SSSR count). The lowest BCUT2D eigenvalue weighted by atomic mass is 10.5. The molecule has 2 aliphatic rings. The monoisotopic (exact) mass is 127 g/mol. The summed E-state index contributed by atoms with van der Waals surface area (Å²) in [5.74, 6) is 0. The van der Waals surface area contributed by atoms with Crippen molar-refractivity contribution < 1.29 is 4.74 Å². The molecule has 2 N–H and O–H groups in total. The Morgan fingerprint density at radius 3 is 3.56 bits per heavy atom. The maximum absolute atomic E-state index is 5.06. The molecule has 1 fully saturated rings. The van der Waals surface area contributed by atoms with E-state index in [1.165, 1.54) is 0 Å². The molecular formula is C5H9N3O. The van der Waals surface area contributed by atoms with Gasteiger partial charge in [-0.2, -0.15) is 0 Å². The lowest BCUT2D eigenvalue weighted by Crippen LogP contribution is -2.40. The minimum atomic E-state index is 0.329. The van der Waals surface area contributed by atoms with E-state index in [1.807, 2.05) is 11.2 Å². The van der Waals surface area contributed by atoms with Crippen molar-refractivity contribution in [3.05, 3.63) is 12.5 Å². The average molecular weight is 127 g/mol. The first-order valence-electron chi connectivity index (χ1n) is 3.00. The van der Waals surface area contributed by atoms with Crippen molar-refractivity contribution in [2.24, 2.45) is 0 Å². The van der Waals surface area contributed by atoms with E-state index >= 15 is 0 Å². The van der Waals surface area contributed by atoms with Crippen molar-refractivity contribution in [1.29, 1.82) is 0 Å². The molecule has 0 aromatic carbocycles. The first-order valence-corrected chi connectivity index (χ1v) is 3.00. The number of nitrogens with zero attached hydrogens (tertiary/aromatic N) is 1. The van der Waals surface area contributed by atoms with Crippen LogP contribution in [0, 0.1) is 0 Å². The molecule has 0 saturated carbocycles. The molecule has 9 heavy (non-hydrogen) atoms. The first kappa shape index (κ1) is 5.08. The molecule has 0 spiro atoms. The molecular weight excluding hydrogens is 118 g/mol. The fourth-order valence-corrected chi connectivity index (χ4v) is 1.01. The molecule has 0 aliphatic carbocycles. The van der Waals surface area contributed by atoms with E-state index in [4.69, 9.17) is 4.74 Å². The van der Waals surface area contributed by atoms with Gasteiger partial charge in [0.1, 0.15) is 19.0 Å². The summed E-state index contributed by atoms with van der Waals surface area (Å²) in [6.45, 7) is 1.56. The molecule has 50 valence electrons. The quantitative estimate of drug-likeness (QED) is 0.446. The SMILES string of the molecule is C1=CN2NCNC2CO1. The van der Waals surface area contributed by atoms with E-state index in [0.29, 0.717) is 6.17 Å². The third-order valence-corrected chi connectivity index (χ3v) is 1.51. The predicted molar refractivity (Wildman–Crippen MR) is 31.9 cm³/mol. The van der Waals surface area contributed by atoms with Crippen molar-refractivity contribution in [3.63, 3.8) is 0 Å². The molecule has 0 aromatic heterocycles. The standard InChI is InChI=1S/C5H9N3O/c1-2-9-3-5-6-4-7-8(1)5/h1-2,5-7H,3-4H2. The summed E-state index contributed by atoms with van der Waals surface area (Å²) < 4.78 is 5.06. The summed E-state index contributed by atoms with van der Waals surface area (Å²) in [5.41, 5.74) is 3.11. The fraction of sp³-hybridized carbons (Fsp3) is 0.600. The Labute approximate surface area is 53.4 Å². The summed E-state index contributed by atoms with van der Waals surface area (Å²) in [4.78, 5) is 0. The van der Waals surface area contributed by atoms with Crippen LogP contribution >= 0.6 is 0 Å². The second-order valence-electron chi connectivity index (χ2n) is 2.08. The zero-order valence-corrected chi connectivity index (χ0v) is 5.00. The van der Waals surface area contributed by atoms with Crippen molar-refractivity contribution in [2.75, 3.05) is 13.3 Å². The average Bonchev–Trinajstić information content (AvgIpc) is 2.33. The van der Waals surface area contributed by atoms with Crippen molar-refractivity contribution >= 4 is 0 Å². The van der Waals surface area contributed by atoms with Gasteiger partial charge in [0.25, 0.3) is 0 Å². The number of hydrazine groups is 1. The smallest absolute Gasteiger partial charge is 0.130 e. The summed E-state index contributed by atoms with van der Waals surface area (Å²) >= 11 is 0. The van der Waals surface area contributed by atoms with Crippen LogP contribution in [-0.2, 0) is 4.74 Å². The summed E-state index contributed by atoms with van der Waals surface area (Å²) in [6, 6.07) is 0. The Morgan fingerprint density at radius 1 is 1.67 bits per heavy atom. The van der Waals surface area contributed by atoms with Gasteiger partial charge in [-0.25, -0.2) is 5.43 Å². The minimum Gasteiger partial charge on any atom is -0.496 e. The Kier molecular flexibility index (Phi) is 1.07.